The average molecular weight is 203 g/mol. The molecule has 5 nitrogen and oxygen atoms in total. The van der Waals surface area contributed by atoms with Crippen LogP contribution in [0.5, 0.6) is 0 Å². The normalized spacial score (nSPS) is 10.0. The molecule has 2 N–H and O–H groups in total. The Morgan fingerprint density at radius 3 is 3.00 bits per heavy atom. The number of aromatic nitrogens is 3. The average Bonchev–Trinajstić information content (AvgIpc) is 2.61. The van der Waals surface area contributed by atoms with Gasteiger partial charge >= 0.3 is 0 Å². The molecule has 0 bridgehead atoms. The molecule has 1 aromatic heterocycles. The molecule has 6 heteroatoms. The zero-order chi connectivity index (χ0) is 9.68. The van der Waals surface area contributed by atoms with Crippen LogP contribution in [0, 0.1) is 0 Å². The molecule has 0 saturated carbocycles. The fraction of sp³-hybridized carbons (Fsp3) is 0.571. The summed E-state index contributed by atoms with van der Waals surface area (Å²) in [4.78, 5) is 14.9. The second kappa shape index (κ2) is 4.81. The zero-order valence-electron chi connectivity index (χ0n) is 7.30. The maximum absolute atomic E-state index is 10.8. The van der Waals surface area contributed by atoms with Crippen molar-refractivity contribution in [2.24, 2.45) is 0 Å². The molecule has 0 aliphatic rings. The van der Waals surface area contributed by atoms with E-state index in [1.807, 2.05) is 6.92 Å². The number of hydrogen-bond acceptors (Lipinski definition) is 3. The first-order valence-electron chi connectivity index (χ1n) is 3.99. The molecule has 0 aromatic carbocycles. The lowest BCUT2D eigenvalue weighted by Gasteiger charge is -1.97. The lowest BCUT2D eigenvalue weighted by molar-refractivity contribution is -0.118. The Morgan fingerprint density at radius 1 is 1.69 bits per heavy atom. The molecular formula is C7H11ClN4O. The number of nitrogens with one attached hydrogen (secondary N) is 2. The van der Waals surface area contributed by atoms with Crippen LogP contribution >= 0.6 is 11.6 Å². The van der Waals surface area contributed by atoms with Crippen LogP contribution in [0.3, 0.4) is 0 Å². The van der Waals surface area contributed by atoms with Crippen molar-refractivity contribution < 1.29 is 4.79 Å². The van der Waals surface area contributed by atoms with Gasteiger partial charge in [-0.25, -0.2) is 4.98 Å². The number of H-pyrrole nitrogens is 1. The van der Waals surface area contributed by atoms with E-state index in [1.165, 1.54) is 0 Å². The van der Waals surface area contributed by atoms with Crippen LogP contribution in [-0.2, 0) is 17.8 Å². The highest BCUT2D eigenvalue weighted by Gasteiger charge is 2.02. The second-order valence-corrected chi connectivity index (χ2v) is 2.73. The number of rotatable bonds is 4. The highest BCUT2D eigenvalue weighted by atomic mass is 35.5. The van der Waals surface area contributed by atoms with Crippen LogP contribution in [0.15, 0.2) is 0 Å². The van der Waals surface area contributed by atoms with Crippen molar-refractivity contribution in [3.8, 4) is 0 Å². The van der Waals surface area contributed by atoms with E-state index in [-0.39, 0.29) is 11.8 Å². The molecule has 1 heterocycles. The Hall–Kier alpha value is -1.10. The number of nitrogens with zero attached hydrogens (tertiary/aromatic N) is 2. The topological polar surface area (TPSA) is 70.7 Å². The molecular weight excluding hydrogens is 192 g/mol. The smallest absolute Gasteiger partial charge is 0.235 e. The first-order chi connectivity index (χ1) is 6.26. The molecule has 0 fully saturated rings. The molecule has 0 spiro atoms. The molecule has 72 valence electrons. The van der Waals surface area contributed by atoms with Crippen LogP contribution in [0.25, 0.3) is 0 Å². The number of carbonyl (C=O) groups excluding carboxylic acids is 1. The molecule has 0 atom stereocenters. The largest absolute Gasteiger partial charge is 0.348 e. The fourth-order valence-electron chi connectivity index (χ4n) is 0.802. The molecule has 0 aliphatic carbocycles. The molecule has 0 saturated heterocycles. The van der Waals surface area contributed by atoms with Gasteiger partial charge in [0.05, 0.1) is 6.54 Å². The highest BCUT2D eigenvalue weighted by Crippen LogP contribution is 1.92. The summed E-state index contributed by atoms with van der Waals surface area (Å²) in [7, 11) is 0. The minimum atomic E-state index is -0.212. The number of carbonyl (C=O) groups is 1. The van der Waals surface area contributed by atoms with E-state index in [9.17, 15) is 4.79 Å². The van der Waals surface area contributed by atoms with Gasteiger partial charge in [0.1, 0.15) is 11.7 Å². The van der Waals surface area contributed by atoms with Crippen LogP contribution in [-0.4, -0.2) is 27.0 Å². The Kier molecular flexibility index (Phi) is 3.70. The van der Waals surface area contributed by atoms with Gasteiger partial charge in [-0.1, -0.05) is 6.92 Å². The molecule has 1 rings (SSSR count). The number of halogens is 1. The lowest BCUT2D eigenvalue weighted by atomic mass is 10.5. The summed E-state index contributed by atoms with van der Waals surface area (Å²) < 4.78 is 0. The van der Waals surface area contributed by atoms with Gasteiger partial charge in [0.2, 0.25) is 5.91 Å². The maximum atomic E-state index is 10.8. The van der Waals surface area contributed by atoms with Crippen molar-refractivity contribution in [3.63, 3.8) is 0 Å². The monoisotopic (exact) mass is 202 g/mol. The van der Waals surface area contributed by atoms with Gasteiger partial charge in [-0.15, -0.1) is 11.6 Å². The number of alkyl halides is 1. The predicted octanol–water partition coefficient (Wildman–Crippen LogP) is 0.222. The Bertz CT molecular complexity index is 286. The van der Waals surface area contributed by atoms with Crippen LogP contribution in [0.4, 0.5) is 0 Å². The standard InChI is InChI=1S/C7H11ClN4O/c1-2-5-10-6(12-11-5)4-9-7(13)3-8/h2-4H2,1H3,(H,9,13)(H,10,11,12). The molecule has 13 heavy (non-hydrogen) atoms. The van der Waals surface area contributed by atoms with E-state index >= 15 is 0 Å². The van der Waals surface area contributed by atoms with Crippen molar-refractivity contribution >= 4 is 17.5 Å². The van der Waals surface area contributed by atoms with E-state index in [0.717, 1.165) is 12.2 Å². The summed E-state index contributed by atoms with van der Waals surface area (Å²) in [6.07, 6.45) is 0.778. The van der Waals surface area contributed by atoms with Gasteiger partial charge in [-0.3, -0.25) is 9.89 Å². The Morgan fingerprint density at radius 2 is 2.46 bits per heavy atom. The van der Waals surface area contributed by atoms with Crippen molar-refractivity contribution in [2.75, 3.05) is 5.88 Å². The SMILES string of the molecule is CCc1n[nH]c(CNC(=O)CCl)n1. The van der Waals surface area contributed by atoms with Crippen LogP contribution in [0.2, 0.25) is 0 Å². The predicted molar refractivity (Wildman–Crippen MR) is 48.3 cm³/mol. The summed E-state index contributed by atoms with van der Waals surface area (Å²) in [5.74, 6) is 1.15. The van der Waals surface area contributed by atoms with E-state index in [2.05, 4.69) is 20.5 Å². The third-order valence-corrected chi connectivity index (χ3v) is 1.71. The summed E-state index contributed by atoms with van der Waals surface area (Å²) in [5, 5.41) is 9.22. The summed E-state index contributed by atoms with van der Waals surface area (Å²) in [5.41, 5.74) is 0. The Labute approximate surface area is 80.9 Å². The first kappa shape index (κ1) is 9.98. The van der Waals surface area contributed by atoms with Crippen LogP contribution < -0.4 is 5.32 Å². The summed E-state index contributed by atoms with van der Waals surface area (Å²) in [6, 6.07) is 0. The van der Waals surface area contributed by atoms with Gasteiger partial charge < -0.3 is 5.32 Å². The minimum Gasteiger partial charge on any atom is -0.348 e. The number of aryl methyl sites for hydroxylation is 1. The van der Waals surface area contributed by atoms with Crippen molar-refractivity contribution in [3.05, 3.63) is 11.6 Å². The zero-order valence-corrected chi connectivity index (χ0v) is 8.06. The number of hydrogen-bond donors (Lipinski definition) is 2. The number of aromatic amines is 1. The third-order valence-electron chi connectivity index (χ3n) is 1.47. The molecule has 0 aliphatic heterocycles. The van der Waals surface area contributed by atoms with Gasteiger partial charge in [0, 0.05) is 6.42 Å². The van der Waals surface area contributed by atoms with Gasteiger partial charge in [-0.2, -0.15) is 5.10 Å². The Balaban J connectivity index is 2.41. The quantitative estimate of drug-likeness (QED) is 0.687. The molecule has 1 amide bonds. The van der Waals surface area contributed by atoms with Crippen molar-refractivity contribution in [2.45, 2.75) is 19.9 Å². The van der Waals surface area contributed by atoms with E-state index < -0.39 is 0 Å². The fourth-order valence-corrected chi connectivity index (χ4v) is 0.896. The highest BCUT2D eigenvalue weighted by molar-refractivity contribution is 6.27. The van der Waals surface area contributed by atoms with E-state index in [0.29, 0.717) is 12.4 Å². The van der Waals surface area contributed by atoms with Crippen molar-refractivity contribution in [1.29, 1.82) is 0 Å². The first-order valence-corrected chi connectivity index (χ1v) is 4.52. The van der Waals surface area contributed by atoms with E-state index in [1.54, 1.807) is 0 Å². The van der Waals surface area contributed by atoms with Crippen LogP contribution in [0.1, 0.15) is 18.6 Å². The minimum absolute atomic E-state index is 0.0330. The third kappa shape index (κ3) is 3.02. The summed E-state index contributed by atoms with van der Waals surface area (Å²) in [6.45, 7) is 2.31. The summed E-state index contributed by atoms with van der Waals surface area (Å²) >= 11 is 5.29. The lowest BCUT2D eigenvalue weighted by Crippen LogP contribution is -2.24. The second-order valence-electron chi connectivity index (χ2n) is 2.46. The molecule has 0 radical (unpaired) electrons. The molecule has 1 aromatic rings. The van der Waals surface area contributed by atoms with Gasteiger partial charge in [0.15, 0.2) is 5.82 Å². The number of amides is 1. The van der Waals surface area contributed by atoms with E-state index in [4.69, 9.17) is 11.6 Å². The van der Waals surface area contributed by atoms with Gasteiger partial charge in [0.25, 0.3) is 0 Å². The molecule has 0 unspecified atom stereocenters. The van der Waals surface area contributed by atoms with Crippen molar-refractivity contribution in [1.82, 2.24) is 20.5 Å². The van der Waals surface area contributed by atoms with Gasteiger partial charge in [-0.05, 0) is 0 Å². The maximum Gasteiger partial charge on any atom is 0.235 e.